The molecule has 20 heavy (non-hydrogen) atoms. The highest BCUT2D eigenvalue weighted by Crippen LogP contribution is 2.29. The normalized spacial score (nSPS) is 17.8. The van der Waals surface area contributed by atoms with Crippen LogP contribution in [0.25, 0.3) is 0 Å². The van der Waals surface area contributed by atoms with E-state index in [4.69, 9.17) is 5.11 Å². The Bertz CT molecular complexity index is 620. The van der Waals surface area contributed by atoms with Crippen molar-refractivity contribution in [1.82, 2.24) is 4.31 Å². The number of carbonyl (C=O) groups is 1. The van der Waals surface area contributed by atoms with Gasteiger partial charge >= 0.3 is 5.97 Å². The Hall–Kier alpha value is -1.80. The SMILES string of the molecule is O=Nc1ccccc1S(=O)(=O)N1CCC(C(=O)O)CC1. The Labute approximate surface area is 116 Å². The fraction of sp³-hybridized carbons (Fsp3) is 0.417. The number of piperidine rings is 1. The average molecular weight is 298 g/mol. The van der Waals surface area contributed by atoms with E-state index in [-0.39, 0.29) is 36.5 Å². The first-order chi connectivity index (χ1) is 9.46. The van der Waals surface area contributed by atoms with E-state index >= 15 is 0 Å². The maximum Gasteiger partial charge on any atom is 0.306 e. The summed E-state index contributed by atoms with van der Waals surface area (Å²) in [6.07, 6.45) is 0.538. The summed E-state index contributed by atoms with van der Waals surface area (Å²) in [6.45, 7) is 0.263. The molecule has 0 bridgehead atoms. The Morgan fingerprint density at radius 3 is 2.40 bits per heavy atom. The topological polar surface area (TPSA) is 104 Å². The third-order valence-corrected chi connectivity index (χ3v) is 5.33. The van der Waals surface area contributed by atoms with Gasteiger partial charge in [0.05, 0.1) is 5.92 Å². The van der Waals surface area contributed by atoms with Gasteiger partial charge < -0.3 is 5.11 Å². The van der Waals surface area contributed by atoms with Gasteiger partial charge in [0, 0.05) is 13.1 Å². The summed E-state index contributed by atoms with van der Waals surface area (Å²) >= 11 is 0. The maximum atomic E-state index is 12.4. The maximum absolute atomic E-state index is 12.4. The van der Waals surface area contributed by atoms with E-state index in [1.165, 1.54) is 28.6 Å². The largest absolute Gasteiger partial charge is 0.481 e. The molecule has 108 valence electrons. The van der Waals surface area contributed by atoms with Crippen molar-refractivity contribution in [1.29, 1.82) is 0 Å². The van der Waals surface area contributed by atoms with E-state index in [2.05, 4.69) is 5.18 Å². The molecule has 1 heterocycles. The number of hydrogen-bond acceptors (Lipinski definition) is 5. The molecule has 0 aliphatic carbocycles. The van der Waals surface area contributed by atoms with Crippen LogP contribution in [0.2, 0.25) is 0 Å². The lowest BCUT2D eigenvalue weighted by molar-refractivity contribution is -0.142. The van der Waals surface area contributed by atoms with Gasteiger partial charge in [-0.3, -0.25) is 4.79 Å². The van der Waals surface area contributed by atoms with E-state index in [1.54, 1.807) is 0 Å². The average Bonchev–Trinajstić information content (AvgIpc) is 2.47. The molecule has 0 spiro atoms. The van der Waals surface area contributed by atoms with Crippen LogP contribution in [0.4, 0.5) is 5.69 Å². The van der Waals surface area contributed by atoms with Gasteiger partial charge in [0.2, 0.25) is 10.0 Å². The van der Waals surface area contributed by atoms with Crippen molar-refractivity contribution in [3.05, 3.63) is 29.2 Å². The van der Waals surface area contributed by atoms with Crippen LogP contribution in [0, 0.1) is 10.8 Å². The summed E-state index contributed by atoms with van der Waals surface area (Å²) in [5.41, 5.74) is -0.132. The minimum absolute atomic E-state index is 0.131. The molecule has 0 atom stereocenters. The van der Waals surface area contributed by atoms with E-state index in [1.807, 2.05) is 0 Å². The quantitative estimate of drug-likeness (QED) is 0.849. The van der Waals surface area contributed by atoms with Gasteiger partial charge in [-0.05, 0) is 30.2 Å². The van der Waals surface area contributed by atoms with Crippen LogP contribution in [-0.4, -0.2) is 36.9 Å². The summed E-state index contributed by atoms with van der Waals surface area (Å²) in [5.74, 6) is -1.42. The number of aliphatic carboxylic acids is 1. The van der Waals surface area contributed by atoms with Gasteiger partial charge in [-0.15, -0.1) is 4.91 Å². The van der Waals surface area contributed by atoms with Crippen molar-refractivity contribution in [3.8, 4) is 0 Å². The zero-order valence-electron chi connectivity index (χ0n) is 10.6. The molecule has 0 unspecified atom stereocenters. The third-order valence-electron chi connectivity index (χ3n) is 3.38. The minimum atomic E-state index is -3.81. The first kappa shape index (κ1) is 14.6. The van der Waals surface area contributed by atoms with Crippen LogP contribution in [0.15, 0.2) is 34.3 Å². The molecule has 1 saturated heterocycles. The van der Waals surface area contributed by atoms with Crippen LogP contribution >= 0.6 is 0 Å². The molecule has 1 aromatic rings. The predicted molar refractivity (Wildman–Crippen MR) is 71.0 cm³/mol. The van der Waals surface area contributed by atoms with Gasteiger partial charge in [-0.25, -0.2) is 8.42 Å². The molecule has 1 aliphatic rings. The summed E-state index contributed by atoms with van der Waals surface area (Å²) in [7, 11) is -3.81. The molecule has 2 rings (SSSR count). The smallest absolute Gasteiger partial charge is 0.306 e. The number of sulfonamides is 1. The van der Waals surface area contributed by atoms with Crippen molar-refractivity contribution >= 4 is 21.7 Å². The number of hydrogen-bond donors (Lipinski definition) is 1. The standard InChI is InChI=1S/C12H14N2O5S/c15-12(16)9-5-7-14(8-6-9)20(18,19)11-4-2-1-3-10(11)13-17/h1-4,9H,5-8H2,(H,15,16). The lowest BCUT2D eigenvalue weighted by Gasteiger charge is -2.29. The highest BCUT2D eigenvalue weighted by Gasteiger charge is 2.33. The van der Waals surface area contributed by atoms with Crippen LogP contribution in [0.1, 0.15) is 12.8 Å². The number of nitrogens with zero attached hydrogens (tertiary/aromatic N) is 2. The van der Waals surface area contributed by atoms with Gasteiger partial charge in [0.1, 0.15) is 10.6 Å². The zero-order chi connectivity index (χ0) is 14.8. The second kappa shape index (κ2) is 5.68. The van der Waals surface area contributed by atoms with Crippen molar-refractivity contribution in [2.24, 2.45) is 11.1 Å². The number of rotatable bonds is 4. The van der Waals surface area contributed by atoms with Crippen molar-refractivity contribution in [3.63, 3.8) is 0 Å². The molecular formula is C12H14N2O5S. The minimum Gasteiger partial charge on any atom is -0.481 e. The molecule has 8 heteroatoms. The molecule has 7 nitrogen and oxygen atoms in total. The van der Waals surface area contributed by atoms with E-state index in [0.717, 1.165) is 0 Å². The molecule has 0 aromatic heterocycles. The van der Waals surface area contributed by atoms with Crippen LogP contribution in [-0.2, 0) is 14.8 Å². The first-order valence-corrected chi connectivity index (χ1v) is 7.56. The molecular weight excluding hydrogens is 284 g/mol. The predicted octanol–water partition coefficient (Wildman–Crippen LogP) is 1.57. The van der Waals surface area contributed by atoms with Gasteiger partial charge in [-0.1, -0.05) is 12.1 Å². The molecule has 1 fully saturated rings. The molecule has 1 aliphatic heterocycles. The summed E-state index contributed by atoms with van der Waals surface area (Å²) in [4.78, 5) is 21.4. The van der Waals surface area contributed by atoms with E-state index in [0.29, 0.717) is 0 Å². The number of benzene rings is 1. The van der Waals surface area contributed by atoms with Gasteiger partial charge in [-0.2, -0.15) is 4.31 Å². The van der Waals surface area contributed by atoms with Crippen molar-refractivity contribution in [2.45, 2.75) is 17.7 Å². The van der Waals surface area contributed by atoms with E-state index < -0.39 is 21.9 Å². The Morgan fingerprint density at radius 2 is 1.85 bits per heavy atom. The number of nitroso groups, excluding NO2 is 1. The highest BCUT2D eigenvalue weighted by molar-refractivity contribution is 7.89. The van der Waals surface area contributed by atoms with Crippen LogP contribution in [0.3, 0.4) is 0 Å². The van der Waals surface area contributed by atoms with Gasteiger partial charge in [0.25, 0.3) is 0 Å². The fourth-order valence-corrected chi connectivity index (χ4v) is 3.82. The third kappa shape index (κ3) is 2.70. The van der Waals surface area contributed by atoms with Crippen molar-refractivity contribution in [2.75, 3.05) is 13.1 Å². The summed E-state index contributed by atoms with van der Waals surface area (Å²) < 4.78 is 26.1. The Kier molecular flexibility index (Phi) is 4.15. The zero-order valence-corrected chi connectivity index (χ0v) is 11.4. The van der Waals surface area contributed by atoms with Crippen LogP contribution in [0.5, 0.6) is 0 Å². The van der Waals surface area contributed by atoms with Crippen molar-refractivity contribution < 1.29 is 18.3 Å². The lowest BCUT2D eigenvalue weighted by Crippen LogP contribution is -2.40. The second-order valence-corrected chi connectivity index (χ2v) is 6.48. The molecule has 0 saturated carbocycles. The Morgan fingerprint density at radius 1 is 1.25 bits per heavy atom. The molecule has 0 amide bonds. The lowest BCUT2D eigenvalue weighted by atomic mass is 9.99. The fourth-order valence-electron chi connectivity index (χ4n) is 2.23. The number of carboxylic acids is 1. The highest BCUT2D eigenvalue weighted by atomic mass is 32.2. The van der Waals surface area contributed by atoms with E-state index in [9.17, 15) is 18.1 Å². The first-order valence-electron chi connectivity index (χ1n) is 6.12. The van der Waals surface area contributed by atoms with Gasteiger partial charge in [0.15, 0.2) is 0 Å². The number of carboxylic acid groups (broad SMARTS) is 1. The monoisotopic (exact) mass is 298 g/mol. The summed E-state index contributed by atoms with van der Waals surface area (Å²) in [5, 5.41) is 11.6. The molecule has 0 radical (unpaired) electrons. The Balaban J connectivity index is 2.24. The molecule has 1 aromatic carbocycles. The summed E-state index contributed by atoms with van der Waals surface area (Å²) in [6, 6.07) is 5.72. The molecule has 1 N–H and O–H groups in total. The van der Waals surface area contributed by atoms with Crippen LogP contribution < -0.4 is 0 Å². The second-order valence-electron chi connectivity index (χ2n) is 4.58.